The van der Waals surface area contributed by atoms with Gasteiger partial charge in [0.25, 0.3) is 5.91 Å². The van der Waals surface area contributed by atoms with Crippen molar-refractivity contribution < 1.29 is 42.1 Å². The lowest BCUT2D eigenvalue weighted by molar-refractivity contribution is -0.132. The molecule has 12 heteroatoms. The van der Waals surface area contributed by atoms with Crippen LogP contribution in [0.1, 0.15) is 48.3 Å². The van der Waals surface area contributed by atoms with Crippen LogP contribution in [0.5, 0.6) is 23.0 Å². The molecule has 0 aliphatic heterocycles. The molecule has 2 N–H and O–H groups in total. The highest BCUT2D eigenvalue weighted by molar-refractivity contribution is 5.99. The summed E-state index contributed by atoms with van der Waals surface area (Å²) in [4.78, 5) is 41.7. The Morgan fingerprint density at radius 1 is 0.805 bits per heavy atom. The molecule has 0 aliphatic rings. The maximum absolute atomic E-state index is 14.6. The van der Waals surface area contributed by atoms with Gasteiger partial charge in [0.1, 0.15) is 6.04 Å². The minimum atomic E-state index is -1.08. The van der Waals surface area contributed by atoms with Crippen LogP contribution >= 0.6 is 0 Å². The van der Waals surface area contributed by atoms with Gasteiger partial charge in [-0.15, -0.1) is 0 Å². The molecule has 0 aliphatic carbocycles. The Labute approximate surface area is 236 Å². The Kier molecular flexibility index (Phi) is 10.2. The summed E-state index contributed by atoms with van der Waals surface area (Å²) in [6, 6.07) is 8.26. The highest BCUT2D eigenvalue weighted by Gasteiger charge is 2.28. The van der Waals surface area contributed by atoms with E-state index in [1.165, 1.54) is 64.8 Å². The van der Waals surface area contributed by atoms with Gasteiger partial charge < -0.3 is 29.6 Å². The first-order valence-corrected chi connectivity index (χ1v) is 12.5. The molecular formula is C29H31F2N3O7. The van der Waals surface area contributed by atoms with Crippen LogP contribution in [0.2, 0.25) is 0 Å². The zero-order valence-corrected chi connectivity index (χ0v) is 23.4. The van der Waals surface area contributed by atoms with Crippen molar-refractivity contribution in [3.8, 4) is 23.0 Å². The summed E-state index contributed by atoms with van der Waals surface area (Å²) in [7, 11) is 4.01. The van der Waals surface area contributed by atoms with Crippen molar-refractivity contribution in [1.29, 1.82) is 0 Å². The number of carbonyl (C=O) groups is 3. The van der Waals surface area contributed by atoms with Crippen molar-refractivity contribution in [2.45, 2.75) is 38.8 Å². The van der Waals surface area contributed by atoms with Gasteiger partial charge in [-0.25, -0.2) is 13.8 Å². The molecule has 0 unspecified atom stereocenters. The number of amides is 2. The van der Waals surface area contributed by atoms with Gasteiger partial charge in [-0.1, -0.05) is 12.1 Å². The van der Waals surface area contributed by atoms with E-state index in [0.29, 0.717) is 11.1 Å². The molecule has 1 aromatic heterocycles. The maximum Gasteiger partial charge on any atom is 0.308 e. The molecule has 0 bridgehead atoms. The third-order valence-electron chi connectivity index (χ3n) is 6.23. The lowest BCUT2D eigenvalue weighted by Gasteiger charge is -2.28. The number of nitrogens with one attached hydrogen (secondary N) is 2. The number of esters is 1. The topological polar surface area (TPSA) is 125 Å². The number of hydrogen-bond acceptors (Lipinski definition) is 8. The fraction of sp³-hybridized carbons (Fsp3) is 0.310. The lowest BCUT2D eigenvalue weighted by atomic mass is 9.85. The Hall–Kier alpha value is -4.74. The zero-order valence-electron chi connectivity index (χ0n) is 23.4. The molecule has 2 aromatic carbocycles. The summed E-state index contributed by atoms with van der Waals surface area (Å²) >= 11 is 0. The highest BCUT2D eigenvalue weighted by Crippen LogP contribution is 2.33. The van der Waals surface area contributed by atoms with E-state index in [-0.39, 0.29) is 28.7 Å². The number of aromatic nitrogens is 1. The van der Waals surface area contributed by atoms with E-state index in [0.717, 1.165) is 6.92 Å². The molecule has 3 rings (SSSR count). The number of nitrogens with zero attached hydrogens (tertiary/aromatic N) is 1. The Bertz CT molecular complexity index is 1380. The summed E-state index contributed by atoms with van der Waals surface area (Å²) in [5, 5.41) is 5.33. The monoisotopic (exact) mass is 571 g/mol. The average Bonchev–Trinajstić information content (AvgIpc) is 2.93. The van der Waals surface area contributed by atoms with E-state index in [9.17, 15) is 23.2 Å². The first-order valence-electron chi connectivity index (χ1n) is 12.5. The van der Waals surface area contributed by atoms with E-state index >= 15 is 0 Å². The molecule has 3 aromatic rings. The van der Waals surface area contributed by atoms with Gasteiger partial charge in [0.2, 0.25) is 11.7 Å². The first kappa shape index (κ1) is 30.8. The third kappa shape index (κ3) is 7.27. The van der Waals surface area contributed by atoms with E-state index in [1.807, 2.05) is 0 Å². The maximum atomic E-state index is 14.6. The molecule has 0 saturated heterocycles. The van der Waals surface area contributed by atoms with E-state index in [1.54, 1.807) is 19.1 Å². The number of halogens is 2. The molecule has 0 spiro atoms. The van der Waals surface area contributed by atoms with Crippen molar-refractivity contribution in [3.63, 3.8) is 0 Å². The molecule has 2 atom stereocenters. The first-order chi connectivity index (χ1) is 19.5. The second kappa shape index (κ2) is 13.6. The SMILES string of the molecule is COc1ccc(C(c2ccc(OC)c(F)c2)[C@H](C)NC(=O)[C@H](C)NC(=O)c2nccc(OC)c2OC(C)=O)cc1F. The van der Waals surface area contributed by atoms with Crippen LogP contribution in [0.3, 0.4) is 0 Å². The van der Waals surface area contributed by atoms with E-state index < -0.39 is 47.4 Å². The van der Waals surface area contributed by atoms with Gasteiger partial charge in [0.15, 0.2) is 34.6 Å². The minimum absolute atomic E-state index is 0.0284. The largest absolute Gasteiger partial charge is 0.494 e. The van der Waals surface area contributed by atoms with Gasteiger partial charge in [0, 0.05) is 31.1 Å². The van der Waals surface area contributed by atoms with Crippen molar-refractivity contribution in [3.05, 3.63) is 77.1 Å². The lowest BCUT2D eigenvalue weighted by Crippen LogP contribution is -2.49. The molecule has 0 saturated carbocycles. The van der Waals surface area contributed by atoms with Gasteiger partial charge in [0.05, 0.1) is 21.3 Å². The summed E-state index contributed by atoms with van der Waals surface area (Å²) in [5.74, 6) is -4.05. The summed E-state index contributed by atoms with van der Waals surface area (Å²) in [6.45, 7) is 4.27. The highest BCUT2D eigenvalue weighted by atomic mass is 19.1. The van der Waals surface area contributed by atoms with E-state index in [2.05, 4.69) is 15.6 Å². The van der Waals surface area contributed by atoms with Gasteiger partial charge >= 0.3 is 5.97 Å². The molecule has 218 valence electrons. The van der Waals surface area contributed by atoms with Gasteiger partial charge in [-0.3, -0.25) is 14.4 Å². The minimum Gasteiger partial charge on any atom is -0.494 e. The Balaban J connectivity index is 1.86. The number of carbonyl (C=O) groups excluding carboxylic acids is 3. The fourth-order valence-corrected chi connectivity index (χ4v) is 4.28. The van der Waals surface area contributed by atoms with Crippen LogP contribution in [0.4, 0.5) is 8.78 Å². The second-order valence-corrected chi connectivity index (χ2v) is 9.04. The third-order valence-corrected chi connectivity index (χ3v) is 6.23. The van der Waals surface area contributed by atoms with Crippen molar-refractivity contribution in [2.75, 3.05) is 21.3 Å². The smallest absolute Gasteiger partial charge is 0.308 e. The zero-order chi connectivity index (χ0) is 30.3. The molecule has 0 radical (unpaired) electrons. The number of hydrogen-bond donors (Lipinski definition) is 2. The molecular weight excluding hydrogens is 540 g/mol. The van der Waals surface area contributed by atoms with Crippen LogP contribution in [0.15, 0.2) is 48.7 Å². The summed E-state index contributed by atoms with van der Waals surface area (Å²) in [5.41, 5.74) is 0.639. The Morgan fingerprint density at radius 2 is 1.34 bits per heavy atom. The molecule has 2 amide bonds. The summed E-state index contributed by atoms with van der Waals surface area (Å²) < 4.78 is 49.6. The number of methoxy groups -OCH3 is 3. The van der Waals surface area contributed by atoms with Crippen LogP contribution in [-0.2, 0) is 9.59 Å². The predicted molar refractivity (Wildman–Crippen MR) is 144 cm³/mol. The second-order valence-electron chi connectivity index (χ2n) is 9.04. The van der Waals surface area contributed by atoms with Crippen molar-refractivity contribution in [1.82, 2.24) is 15.6 Å². The van der Waals surface area contributed by atoms with Crippen molar-refractivity contribution >= 4 is 17.8 Å². The number of benzene rings is 2. The quantitative estimate of drug-likeness (QED) is 0.334. The van der Waals surface area contributed by atoms with Crippen LogP contribution in [0, 0.1) is 11.6 Å². The number of ether oxygens (including phenoxy) is 4. The van der Waals surface area contributed by atoms with Gasteiger partial charge in [-0.05, 0) is 49.2 Å². The van der Waals surface area contributed by atoms with Crippen LogP contribution < -0.4 is 29.6 Å². The molecule has 1 heterocycles. The fourth-order valence-electron chi connectivity index (χ4n) is 4.28. The van der Waals surface area contributed by atoms with E-state index in [4.69, 9.17) is 18.9 Å². The molecule has 10 nitrogen and oxygen atoms in total. The van der Waals surface area contributed by atoms with Gasteiger partial charge in [-0.2, -0.15) is 0 Å². The number of pyridine rings is 1. The number of rotatable bonds is 11. The summed E-state index contributed by atoms with van der Waals surface area (Å²) in [6.07, 6.45) is 1.29. The Morgan fingerprint density at radius 3 is 1.80 bits per heavy atom. The van der Waals surface area contributed by atoms with Crippen LogP contribution in [0.25, 0.3) is 0 Å². The van der Waals surface area contributed by atoms with Crippen LogP contribution in [-0.4, -0.2) is 56.2 Å². The normalized spacial score (nSPS) is 12.2. The molecule has 0 fully saturated rings. The predicted octanol–water partition coefficient (Wildman–Crippen LogP) is 3.77. The van der Waals surface area contributed by atoms with Crippen molar-refractivity contribution in [2.24, 2.45) is 0 Å². The standard InChI is InChI=1S/C29H31F2N3O7/c1-15(25(18-7-9-22(38-4)20(30)13-18)19-8-10-23(39-5)21(31)14-19)33-28(36)16(2)34-29(37)26-27(41-17(3)35)24(40-6)11-12-32-26/h7-16,25H,1-6H3,(H,33,36)(H,34,37)/t15-,16-/m0/s1. The molecule has 41 heavy (non-hydrogen) atoms. The average molecular weight is 572 g/mol.